The molecule has 0 aromatic heterocycles. The van der Waals surface area contributed by atoms with Gasteiger partial charge in [-0.05, 0) is 49.6 Å². The van der Waals surface area contributed by atoms with Gasteiger partial charge < -0.3 is 10.2 Å². The number of hydrogen-bond acceptors (Lipinski definition) is 4. The van der Waals surface area contributed by atoms with Gasteiger partial charge in [-0.1, -0.05) is 67.2 Å². The average molecular weight is 577 g/mol. The zero-order chi connectivity index (χ0) is 27.0. The van der Waals surface area contributed by atoms with Gasteiger partial charge in [0.2, 0.25) is 21.8 Å². The van der Waals surface area contributed by atoms with Crippen molar-refractivity contribution in [3.05, 3.63) is 62.6 Å². The molecule has 36 heavy (non-hydrogen) atoms. The van der Waals surface area contributed by atoms with Gasteiger partial charge in [-0.15, -0.1) is 0 Å². The molecule has 198 valence electrons. The van der Waals surface area contributed by atoms with Gasteiger partial charge in [-0.25, -0.2) is 8.42 Å². The van der Waals surface area contributed by atoms with Crippen LogP contribution >= 0.6 is 34.8 Å². The summed E-state index contributed by atoms with van der Waals surface area (Å²) < 4.78 is 26.5. The van der Waals surface area contributed by atoms with E-state index in [1.807, 2.05) is 6.92 Å². The summed E-state index contributed by atoms with van der Waals surface area (Å²) in [6.07, 6.45) is 3.02. The Morgan fingerprint density at radius 3 is 2.25 bits per heavy atom. The molecule has 0 fully saturated rings. The number of carbonyl (C=O) groups excluding carboxylic acids is 2. The lowest BCUT2D eigenvalue weighted by molar-refractivity contribution is -0.140. The monoisotopic (exact) mass is 575 g/mol. The number of halogens is 3. The van der Waals surface area contributed by atoms with Crippen molar-refractivity contribution in [2.24, 2.45) is 0 Å². The summed E-state index contributed by atoms with van der Waals surface area (Å²) in [6.45, 7) is 5.40. The number of unbranched alkanes of at least 4 members (excludes halogenated alkanes) is 1. The zero-order valence-corrected chi connectivity index (χ0v) is 23.9. The molecule has 0 saturated heterocycles. The van der Waals surface area contributed by atoms with Crippen molar-refractivity contribution in [3.8, 4) is 0 Å². The number of carbonyl (C=O) groups is 2. The molecule has 0 aliphatic heterocycles. The number of rotatable bonds is 12. The number of benzene rings is 2. The van der Waals surface area contributed by atoms with E-state index in [0.29, 0.717) is 39.2 Å². The van der Waals surface area contributed by atoms with Crippen LogP contribution in [0.15, 0.2) is 36.4 Å². The van der Waals surface area contributed by atoms with Crippen LogP contribution in [0.25, 0.3) is 0 Å². The van der Waals surface area contributed by atoms with Crippen LogP contribution in [0.1, 0.15) is 44.2 Å². The van der Waals surface area contributed by atoms with Crippen LogP contribution in [0.5, 0.6) is 0 Å². The maximum absolute atomic E-state index is 13.8. The minimum Gasteiger partial charge on any atom is -0.354 e. The number of aryl methyl sites for hydroxylation is 1. The van der Waals surface area contributed by atoms with Crippen molar-refractivity contribution in [2.45, 2.75) is 52.6 Å². The molecular formula is C25H32Cl3N3O4S. The highest BCUT2D eigenvalue weighted by atomic mass is 35.5. The lowest BCUT2D eigenvalue weighted by Crippen LogP contribution is -2.52. The zero-order valence-electron chi connectivity index (χ0n) is 20.9. The van der Waals surface area contributed by atoms with Gasteiger partial charge in [0.25, 0.3) is 0 Å². The van der Waals surface area contributed by atoms with Gasteiger partial charge in [0, 0.05) is 33.7 Å². The van der Waals surface area contributed by atoms with Gasteiger partial charge in [0.05, 0.1) is 11.9 Å². The standard InChI is InChI=1S/C25H32Cl3N3O4S/c1-5-7-13-29-25(33)22(6-2)30(15-19-20(27)9-8-10-21(19)28)24(32)16-31(36(4,34)35)23-14-18(26)12-11-17(23)3/h8-12,14,22H,5-7,13,15-16H2,1-4H3,(H,29,33)/t22-/m0/s1. The minimum atomic E-state index is -3.87. The van der Waals surface area contributed by atoms with Gasteiger partial charge in [0.15, 0.2) is 0 Å². The smallest absolute Gasteiger partial charge is 0.244 e. The topological polar surface area (TPSA) is 86.8 Å². The lowest BCUT2D eigenvalue weighted by Gasteiger charge is -2.33. The first-order valence-corrected chi connectivity index (χ1v) is 14.6. The fraction of sp³-hybridized carbons (Fsp3) is 0.440. The quantitative estimate of drug-likeness (QED) is 0.341. The van der Waals surface area contributed by atoms with Crippen molar-refractivity contribution < 1.29 is 18.0 Å². The third-order valence-electron chi connectivity index (χ3n) is 5.72. The van der Waals surface area contributed by atoms with E-state index in [0.717, 1.165) is 23.4 Å². The van der Waals surface area contributed by atoms with E-state index < -0.39 is 28.5 Å². The Morgan fingerprint density at radius 1 is 1.06 bits per heavy atom. The van der Waals surface area contributed by atoms with E-state index in [-0.39, 0.29) is 18.1 Å². The molecule has 11 heteroatoms. The van der Waals surface area contributed by atoms with E-state index in [1.165, 1.54) is 11.0 Å². The lowest BCUT2D eigenvalue weighted by atomic mass is 10.1. The minimum absolute atomic E-state index is 0.0663. The molecule has 0 radical (unpaired) electrons. The van der Waals surface area contributed by atoms with E-state index in [2.05, 4.69) is 5.32 Å². The summed E-state index contributed by atoms with van der Waals surface area (Å²) in [4.78, 5) is 28.2. The molecule has 7 nitrogen and oxygen atoms in total. The largest absolute Gasteiger partial charge is 0.354 e. The predicted molar refractivity (Wildman–Crippen MR) is 147 cm³/mol. The molecule has 0 spiro atoms. The van der Waals surface area contributed by atoms with Gasteiger partial charge in [0.1, 0.15) is 12.6 Å². The van der Waals surface area contributed by atoms with Crippen LogP contribution in [0.2, 0.25) is 15.1 Å². The SMILES string of the molecule is CCCCNC(=O)[C@H](CC)N(Cc1c(Cl)cccc1Cl)C(=O)CN(c1cc(Cl)ccc1C)S(C)(=O)=O. The highest BCUT2D eigenvalue weighted by Gasteiger charge is 2.32. The molecule has 0 saturated carbocycles. The molecule has 0 bridgehead atoms. The summed E-state index contributed by atoms with van der Waals surface area (Å²) in [5.41, 5.74) is 1.39. The van der Waals surface area contributed by atoms with E-state index in [1.54, 1.807) is 44.2 Å². The molecular weight excluding hydrogens is 545 g/mol. The van der Waals surface area contributed by atoms with Crippen LogP contribution < -0.4 is 9.62 Å². The second-order valence-corrected chi connectivity index (χ2v) is 11.6. The van der Waals surface area contributed by atoms with Crippen LogP contribution in [-0.4, -0.2) is 50.5 Å². The highest BCUT2D eigenvalue weighted by molar-refractivity contribution is 7.92. The molecule has 0 aliphatic carbocycles. The number of nitrogens with one attached hydrogen (secondary N) is 1. The number of sulfonamides is 1. The Morgan fingerprint density at radius 2 is 1.69 bits per heavy atom. The van der Waals surface area contributed by atoms with Crippen molar-refractivity contribution >= 4 is 62.3 Å². The van der Waals surface area contributed by atoms with Gasteiger partial charge in [-0.2, -0.15) is 0 Å². The maximum atomic E-state index is 13.8. The predicted octanol–water partition coefficient (Wildman–Crippen LogP) is 5.44. The molecule has 0 aliphatic rings. The normalized spacial score (nSPS) is 12.2. The average Bonchev–Trinajstić information content (AvgIpc) is 2.80. The molecule has 0 unspecified atom stereocenters. The van der Waals surface area contributed by atoms with Gasteiger partial charge in [-0.3, -0.25) is 13.9 Å². The third kappa shape index (κ3) is 8.00. The summed E-state index contributed by atoms with van der Waals surface area (Å²) in [5, 5.41) is 3.88. The Kier molecular flexibility index (Phi) is 11.3. The van der Waals surface area contributed by atoms with Crippen molar-refractivity contribution in [3.63, 3.8) is 0 Å². The Labute approximate surface area is 228 Å². The van der Waals surface area contributed by atoms with Crippen molar-refractivity contribution in [2.75, 3.05) is 23.7 Å². The van der Waals surface area contributed by atoms with Gasteiger partial charge >= 0.3 is 0 Å². The first-order valence-electron chi connectivity index (χ1n) is 11.6. The summed E-state index contributed by atoms with van der Waals surface area (Å²) >= 11 is 18.9. The number of nitrogens with zero attached hydrogens (tertiary/aromatic N) is 2. The van der Waals surface area contributed by atoms with E-state index in [9.17, 15) is 18.0 Å². The summed E-state index contributed by atoms with van der Waals surface area (Å²) in [7, 11) is -3.87. The first-order chi connectivity index (χ1) is 16.9. The molecule has 2 aromatic rings. The van der Waals surface area contributed by atoms with Crippen molar-refractivity contribution in [1.29, 1.82) is 0 Å². The second-order valence-electron chi connectivity index (χ2n) is 8.49. The highest BCUT2D eigenvalue weighted by Crippen LogP contribution is 2.29. The van der Waals surface area contributed by atoms with Crippen molar-refractivity contribution in [1.82, 2.24) is 10.2 Å². The van der Waals surface area contributed by atoms with Crippen LogP contribution in [0.3, 0.4) is 0 Å². The fourth-order valence-electron chi connectivity index (χ4n) is 3.73. The second kappa shape index (κ2) is 13.5. The Balaban J connectivity index is 2.51. The Hall–Kier alpha value is -2.00. The molecule has 0 heterocycles. The molecule has 1 atom stereocenters. The molecule has 1 N–H and O–H groups in total. The van der Waals surface area contributed by atoms with E-state index in [4.69, 9.17) is 34.8 Å². The fourth-order valence-corrected chi connectivity index (χ4v) is 5.31. The van der Waals surface area contributed by atoms with Crippen LogP contribution in [-0.2, 0) is 26.2 Å². The number of anilines is 1. The summed E-state index contributed by atoms with van der Waals surface area (Å²) in [6, 6.07) is 8.93. The third-order valence-corrected chi connectivity index (χ3v) is 7.79. The van der Waals surface area contributed by atoms with Crippen LogP contribution in [0, 0.1) is 6.92 Å². The maximum Gasteiger partial charge on any atom is 0.244 e. The Bertz CT molecular complexity index is 1170. The number of hydrogen-bond donors (Lipinski definition) is 1. The van der Waals surface area contributed by atoms with E-state index >= 15 is 0 Å². The summed E-state index contributed by atoms with van der Waals surface area (Å²) in [5.74, 6) is -0.902. The molecule has 2 amide bonds. The molecule has 2 aromatic carbocycles. The van der Waals surface area contributed by atoms with Crippen LogP contribution in [0.4, 0.5) is 5.69 Å². The first kappa shape index (κ1) is 30.2. The molecule has 2 rings (SSSR count). The number of amides is 2.